The molecule has 1 aliphatic rings. The van der Waals surface area contributed by atoms with Crippen LogP contribution in [0.3, 0.4) is 0 Å². The van der Waals surface area contributed by atoms with Gasteiger partial charge < -0.3 is 15.2 Å². The molecule has 0 saturated heterocycles. The minimum absolute atomic E-state index is 0.191. The van der Waals surface area contributed by atoms with E-state index in [0.29, 0.717) is 12.0 Å². The monoisotopic (exact) mass is 333 g/mol. The van der Waals surface area contributed by atoms with Crippen LogP contribution in [-0.2, 0) is 14.3 Å². The molecule has 2 N–H and O–H groups in total. The molecule has 6 nitrogen and oxygen atoms in total. The normalized spacial score (nSPS) is 22.0. The molecule has 0 aliphatic heterocycles. The minimum atomic E-state index is -1.65. The number of ketones is 1. The highest BCUT2D eigenvalue weighted by Gasteiger charge is 2.55. The first kappa shape index (κ1) is 18.0. The summed E-state index contributed by atoms with van der Waals surface area (Å²) in [6, 6.07) is 7.72. The molecule has 1 fully saturated rings. The van der Waals surface area contributed by atoms with E-state index in [1.54, 1.807) is 51.1 Å². The Morgan fingerprint density at radius 1 is 1.25 bits per heavy atom. The van der Waals surface area contributed by atoms with Crippen molar-refractivity contribution in [3.05, 3.63) is 35.9 Å². The first-order valence-corrected chi connectivity index (χ1v) is 7.98. The van der Waals surface area contributed by atoms with Gasteiger partial charge in [0, 0.05) is 6.42 Å². The number of ether oxygens (including phenoxy) is 1. The van der Waals surface area contributed by atoms with Crippen LogP contribution in [0.4, 0.5) is 4.79 Å². The molecule has 0 aromatic heterocycles. The van der Waals surface area contributed by atoms with Crippen LogP contribution in [0.5, 0.6) is 0 Å². The first-order valence-electron chi connectivity index (χ1n) is 7.98. The van der Waals surface area contributed by atoms with Gasteiger partial charge in [0.1, 0.15) is 5.60 Å². The molecular formula is C18H23NO5. The molecule has 2 rings (SSSR count). The molecule has 1 saturated carbocycles. The topological polar surface area (TPSA) is 92.7 Å². The Hall–Kier alpha value is -2.37. The lowest BCUT2D eigenvalue weighted by molar-refractivity contribution is -0.155. The molecule has 1 amide bonds. The lowest BCUT2D eigenvalue weighted by Crippen LogP contribution is -2.49. The Balaban J connectivity index is 2.42. The number of Topliss-reactive ketones (excluding diaryl/α,β-unsaturated/α-hetero) is 1. The van der Waals surface area contributed by atoms with E-state index < -0.39 is 29.1 Å². The molecule has 1 aromatic carbocycles. The number of carbonyl (C=O) groups excluding carboxylic acids is 2. The molecule has 6 heteroatoms. The Bertz CT molecular complexity index is 635. The number of aliphatic carboxylic acids is 1. The third kappa shape index (κ3) is 3.58. The maximum absolute atomic E-state index is 12.4. The highest BCUT2D eigenvalue weighted by Crippen LogP contribution is 2.45. The number of alkyl carbamates (subject to hydrolysis) is 1. The molecule has 2 unspecified atom stereocenters. The minimum Gasteiger partial charge on any atom is -0.480 e. The third-order valence-electron chi connectivity index (χ3n) is 4.14. The average Bonchev–Trinajstić information content (AvgIpc) is 2.86. The van der Waals surface area contributed by atoms with Crippen LogP contribution in [0.2, 0.25) is 0 Å². The highest BCUT2D eigenvalue weighted by molar-refractivity contribution is 6.05. The second kappa shape index (κ2) is 6.63. The fraction of sp³-hybridized carbons (Fsp3) is 0.500. The number of hydrogen-bond acceptors (Lipinski definition) is 4. The van der Waals surface area contributed by atoms with Crippen LogP contribution in [0, 0.1) is 5.41 Å². The second-order valence-corrected chi connectivity index (χ2v) is 7.04. The molecular weight excluding hydrogens is 310 g/mol. The number of rotatable bonds is 4. The summed E-state index contributed by atoms with van der Waals surface area (Å²) >= 11 is 0. The van der Waals surface area contributed by atoms with Gasteiger partial charge in [0.2, 0.25) is 0 Å². The van der Waals surface area contributed by atoms with Gasteiger partial charge in [0.25, 0.3) is 0 Å². The molecule has 130 valence electrons. The summed E-state index contributed by atoms with van der Waals surface area (Å²) in [6.45, 7) is 5.16. The Kier molecular flexibility index (Phi) is 4.96. The van der Waals surface area contributed by atoms with E-state index >= 15 is 0 Å². The van der Waals surface area contributed by atoms with Crippen molar-refractivity contribution in [3.63, 3.8) is 0 Å². The zero-order valence-corrected chi connectivity index (χ0v) is 14.2. The summed E-state index contributed by atoms with van der Waals surface area (Å²) in [5.74, 6) is -1.57. The van der Waals surface area contributed by atoms with Crippen LogP contribution in [0.25, 0.3) is 0 Å². The molecule has 0 radical (unpaired) electrons. The lowest BCUT2D eigenvalue weighted by atomic mass is 9.74. The predicted molar refractivity (Wildman–Crippen MR) is 87.5 cm³/mol. The molecule has 1 aliphatic carbocycles. The maximum Gasteiger partial charge on any atom is 0.408 e. The molecule has 1 aromatic rings. The van der Waals surface area contributed by atoms with Gasteiger partial charge >= 0.3 is 12.1 Å². The molecule has 0 bridgehead atoms. The largest absolute Gasteiger partial charge is 0.480 e. The van der Waals surface area contributed by atoms with Crippen molar-refractivity contribution in [1.29, 1.82) is 0 Å². The molecule has 2 atom stereocenters. The van der Waals surface area contributed by atoms with E-state index in [-0.39, 0.29) is 18.6 Å². The Labute approximate surface area is 141 Å². The maximum atomic E-state index is 12.4. The Morgan fingerprint density at radius 2 is 1.88 bits per heavy atom. The Morgan fingerprint density at radius 3 is 2.33 bits per heavy atom. The van der Waals surface area contributed by atoms with Crippen molar-refractivity contribution < 1.29 is 24.2 Å². The van der Waals surface area contributed by atoms with Gasteiger partial charge in [-0.1, -0.05) is 30.3 Å². The van der Waals surface area contributed by atoms with Crippen LogP contribution in [-0.4, -0.2) is 28.6 Å². The molecule has 0 spiro atoms. The van der Waals surface area contributed by atoms with E-state index in [9.17, 15) is 19.5 Å². The van der Waals surface area contributed by atoms with Crippen LogP contribution in [0.1, 0.15) is 51.6 Å². The van der Waals surface area contributed by atoms with Gasteiger partial charge in [0.15, 0.2) is 11.2 Å². The van der Waals surface area contributed by atoms with Crippen molar-refractivity contribution in [3.8, 4) is 0 Å². The molecule has 24 heavy (non-hydrogen) atoms. The van der Waals surface area contributed by atoms with Crippen LogP contribution in [0.15, 0.2) is 30.3 Å². The van der Waals surface area contributed by atoms with Gasteiger partial charge in [-0.05, 0) is 39.2 Å². The number of carboxylic acid groups (broad SMARTS) is 1. The van der Waals surface area contributed by atoms with Gasteiger partial charge in [-0.25, -0.2) is 4.79 Å². The fourth-order valence-electron chi connectivity index (χ4n) is 3.11. The highest BCUT2D eigenvalue weighted by atomic mass is 16.6. The number of amides is 1. The summed E-state index contributed by atoms with van der Waals surface area (Å²) < 4.78 is 5.25. The van der Waals surface area contributed by atoms with E-state index in [1.165, 1.54) is 0 Å². The first-order chi connectivity index (χ1) is 11.2. The number of benzene rings is 1. The van der Waals surface area contributed by atoms with Crippen molar-refractivity contribution in [2.45, 2.75) is 51.7 Å². The zero-order chi connectivity index (χ0) is 18.0. The van der Waals surface area contributed by atoms with Gasteiger partial charge in [-0.3, -0.25) is 9.59 Å². The van der Waals surface area contributed by atoms with Crippen LogP contribution < -0.4 is 5.32 Å². The van der Waals surface area contributed by atoms with Crippen LogP contribution >= 0.6 is 0 Å². The third-order valence-corrected chi connectivity index (χ3v) is 4.14. The number of carboxylic acids is 1. The lowest BCUT2D eigenvalue weighted by Gasteiger charge is -2.33. The summed E-state index contributed by atoms with van der Waals surface area (Å²) in [6.07, 6.45) is 0.142. The molecule has 0 heterocycles. The quantitative estimate of drug-likeness (QED) is 0.826. The van der Waals surface area contributed by atoms with E-state index in [1.807, 2.05) is 0 Å². The second-order valence-electron chi connectivity index (χ2n) is 7.04. The van der Waals surface area contributed by atoms with Crippen molar-refractivity contribution in [1.82, 2.24) is 5.32 Å². The zero-order valence-electron chi connectivity index (χ0n) is 14.2. The standard InChI is InChI=1S/C18H23NO5/c1-17(2,3)24-16(23)19-14(12-8-5-4-6-9-12)18(15(21)22)11-7-10-13(18)20/h4-6,8-9,14H,7,10-11H2,1-3H3,(H,19,23)(H,21,22). The number of hydrogen-bond donors (Lipinski definition) is 2. The van der Waals surface area contributed by atoms with Crippen molar-refractivity contribution in [2.75, 3.05) is 0 Å². The number of carbonyl (C=O) groups is 3. The predicted octanol–water partition coefficient (Wildman–Crippen LogP) is 3.08. The van der Waals surface area contributed by atoms with E-state index in [0.717, 1.165) is 0 Å². The summed E-state index contributed by atoms with van der Waals surface area (Å²) in [4.78, 5) is 36.7. The van der Waals surface area contributed by atoms with Gasteiger partial charge in [0.05, 0.1) is 6.04 Å². The van der Waals surface area contributed by atoms with Crippen molar-refractivity contribution in [2.24, 2.45) is 5.41 Å². The average molecular weight is 333 g/mol. The summed E-state index contributed by atoms with van der Waals surface area (Å²) in [5, 5.41) is 12.4. The number of nitrogens with one attached hydrogen (secondary N) is 1. The summed E-state index contributed by atoms with van der Waals surface area (Å²) in [7, 11) is 0. The van der Waals surface area contributed by atoms with Gasteiger partial charge in [-0.15, -0.1) is 0 Å². The fourth-order valence-corrected chi connectivity index (χ4v) is 3.11. The van der Waals surface area contributed by atoms with Gasteiger partial charge in [-0.2, -0.15) is 0 Å². The van der Waals surface area contributed by atoms with E-state index in [4.69, 9.17) is 4.74 Å². The van der Waals surface area contributed by atoms with Crippen molar-refractivity contribution >= 4 is 17.8 Å². The smallest absolute Gasteiger partial charge is 0.408 e. The SMILES string of the molecule is CC(C)(C)OC(=O)NC(c1ccccc1)C1(C(=O)O)CCCC1=O. The summed E-state index contributed by atoms with van der Waals surface area (Å²) in [5.41, 5.74) is -1.80. The van der Waals surface area contributed by atoms with E-state index in [2.05, 4.69) is 5.32 Å².